The molecule has 0 aliphatic carbocycles. The molecule has 0 radical (unpaired) electrons. The zero-order valence-electron chi connectivity index (χ0n) is 14.0. The summed E-state index contributed by atoms with van der Waals surface area (Å²) >= 11 is 3.30. The van der Waals surface area contributed by atoms with E-state index in [1.807, 2.05) is 43.4 Å². The van der Waals surface area contributed by atoms with Crippen LogP contribution in [0.4, 0.5) is 0 Å². The molecule has 1 amide bonds. The zero-order valence-corrected chi connectivity index (χ0v) is 15.6. The van der Waals surface area contributed by atoms with Gasteiger partial charge in [-0.1, -0.05) is 18.7 Å². The lowest BCUT2D eigenvalue weighted by molar-refractivity contribution is -0.120. The van der Waals surface area contributed by atoms with Gasteiger partial charge in [-0.05, 0) is 38.9 Å². The molecule has 0 bridgehead atoms. The Balaban J connectivity index is 1.88. The third-order valence-corrected chi connectivity index (χ3v) is 5.30. The van der Waals surface area contributed by atoms with Gasteiger partial charge in [0, 0.05) is 11.9 Å². The number of aromatic nitrogens is 1. The fraction of sp³-hybridized carbons (Fsp3) is 0.500. The maximum absolute atomic E-state index is 12.1. The van der Waals surface area contributed by atoms with Crippen LogP contribution < -0.4 is 5.32 Å². The van der Waals surface area contributed by atoms with Gasteiger partial charge < -0.3 is 9.73 Å². The van der Waals surface area contributed by atoms with Crippen LogP contribution in [0.1, 0.15) is 30.2 Å². The van der Waals surface area contributed by atoms with Crippen LogP contribution in [0.25, 0.3) is 0 Å². The van der Waals surface area contributed by atoms with Gasteiger partial charge in [-0.25, -0.2) is 4.98 Å². The van der Waals surface area contributed by atoms with Crippen LogP contribution >= 0.6 is 23.1 Å². The molecule has 2 aromatic rings. The lowest BCUT2D eigenvalue weighted by Crippen LogP contribution is -2.35. The average molecular weight is 354 g/mol. The van der Waals surface area contributed by atoms with Crippen molar-refractivity contribution in [3.63, 3.8) is 0 Å². The molecule has 2 aromatic heterocycles. The van der Waals surface area contributed by atoms with Crippen molar-refractivity contribution in [2.45, 2.75) is 30.6 Å². The number of rotatable bonds is 8. The Labute approximate surface area is 145 Å². The van der Waals surface area contributed by atoms with Crippen molar-refractivity contribution in [1.82, 2.24) is 15.2 Å². The molecule has 0 spiro atoms. The molecule has 1 N–H and O–H groups in total. The molecule has 0 saturated heterocycles. The third-order valence-electron chi connectivity index (χ3n) is 3.35. The number of thiazole rings is 1. The van der Waals surface area contributed by atoms with Crippen molar-refractivity contribution in [3.8, 4) is 0 Å². The standard InChI is InChI=1S/C16H23N3O2S2/c1-5-22-16-18-12(10-23-16)8-15(20)17-9-13(19(3)4)14-7-6-11(2)21-14/h6-7,10,13H,5,8-9H2,1-4H3,(H,17,20)/t13-/m0/s1. The second-order valence-electron chi connectivity index (χ2n) is 5.45. The van der Waals surface area contributed by atoms with Crippen molar-refractivity contribution in [2.75, 3.05) is 26.4 Å². The van der Waals surface area contributed by atoms with E-state index in [2.05, 4.69) is 17.2 Å². The number of furan rings is 1. The van der Waals surface area contributed by atoms with E-state index in [1.165, 1.54) is 0 Å². The Morgan fingerprint density at radius 2 is 2.26 bits per heavy atom. The van der Waals surface area contributed by atoms with Gasteiger partial charge in [-0.2, -0.15) is 0 Å². The number of aryl methyl sites for hydroxylation is 1. The largest absolute Gasteiger partial charge is 0.465 e. The molecule has 23 heavy (non-hydrogen) atoms. The molecule has 1 atom stereocenters. The Morgan fingerprint density at radius 3 is 2.87 bits per heavy atom. The maximum Gasteiger partial charge on any atom is 0.226 e. The Hall–Kier alpha value is -1.31. The predicted molar refractivity (Wildman–Crippen MR) is 95.1 cm³/mol. The van der Waals surface area contributed by atoms with E-state index in [9.17, 15) is 4.79 Å². The highest BCUT2D eigenvalue weighted by Crippen LogP contribution is 2.22. The summed E-state index contributed by atoms with van der Waals surface area (Å²) in [6, 6.07) is 3.92. The topological polar surface area (TPSA) is 58.4 Å². The quantitative estimate of drug-likeness (QED) is 0.739. The number of nitrogens with one attached hydrogen (secondary N) is 1. The van der Waals surface area contributed by atoms with Crippen LogP contribution in [0.15, 0.2) is 26.3 Å². The summed E-state index contributed by atoms with van der Waals surface area (Å²) < 4.78 is 6.70. The summed E-state index contributed by atoms with van der Waals surface area (Å²) in [5.74, 6) is 2.72. The number of carbonyl (C=O) groups excluding carboxylic acids is 1. The van der Waals surface area contributed by atoms with Crippen LogP contribution in [-0.4, -0.2) is 42.2 Å². The summed E-state index contributed by atoms with van der Waals surface area (Å²) in [5.41, 5.74) is 0.832. The summed E-state index contributed by atoms with van der Waals surface area (Å²) in [6.45, 7) is 4.53. The highest BCUT2D eigenvalue weighted by atomic mass is 32.2. The van der Waals surface area contributed by atoms with Gasteiger partial charge in [0.2, 0.25) is 5.91 Å². The molecular weight excluding hydrogens is 330 g/mol. The normalized spacial score (nSPS) is 12.6. The van der Waals surface area contributed by atoms with Crippen molar-refractivity contribution in [3.05, 3.63) is 34.7 Å². The zero-order chi connectivity index (χ0) is 16.8. The Bertz CT molecular complexity index is 637. The van der Waals surface area contributed by atoms with E-state index >= 15 is 0 Å². The summed E-state index contributed by atoms with van der Waals surface area (Å²) in [5, 5.41) is 4.93. The van der Waals surface area contributed by atoms with Crippen molar-refractivity contribution in [1.29, 1.82) is 0 Å². The fourth-order valence-corrected chi connectivity index (χ4v) is 3.91. The van der Waals surface area contributed by atoms with Gasteiger partial charge >= 0.3 is 0 Å². The summed E-state index contributed by atoms with van der Waals surface area (Å²) in [4.78, 5) is 18.6. The maximum atomic E-state index is 12.1. The van der Waals surface area contributed by atoms with Crippen LogP contribution in [-0.2, 0) is 11.2 Å². The van der Waals surface area contributed by atoms with Gasteiger partial charge in [-0.15, -0.1) is 11.3 Å². The van der Waals surface area contributed by atoms with Gasteiger partial charge in [-0.3, -0.25) is 9.69 Å². The van der Waals surface area contributed by atoms with Crippen molar-refractivity contribution in [2.24, 2.45) is 0 Å². The number of amides is 1. The first-order valence-electron chi connectivity index (χ1n) is 7.56. The second-order valence-corrected chi connectivity index (χ2v) is 7.82. The highest BCUT2D eigenvalue weighted by Gasteiger charge is 2.19. The fourth-order valence-electron chi connectivity index (χ4n) is 2.17. The molecule has 0 aliphatic rings. The van der Waals surface area contributed by atoms with E-state index < -0.39 is 0 Å². The summed E-state index contributed by atoms with van der Waals surface area (Å²) in [6.07, 6.45) is 0.318. The minimum atomic E-state index is -0.0153. The Morgan fingerprint density at radius 1 is 1.48 bits per heavy atom. The van der Waals surface area contributed by atoms with E-state index in [0.29, 0.717) is 13.0 Å². The number of hydrogen-bond acceptors (Lipinski definition) is 6. The number of carbonyl (C=O) groups is 1. The molecule has 7 heteroatoms. The second kappa shape index (κ2) is 8.52. The lowest BCUT2D eigenvalue weighted by atomic mass is 10.2. The van der Waals surface area contributed by atoms with E-state index in [0.717, 1.165) is 27.3 Å². The summed E-state index contributed by atoms with van der Waals surface area (Å²) in [7, 11) is 3.95. The van der Waals surface area contributed by atoms with Crippen LogP contribution in [0, 0.1) is 6.92 Å². The third kappa shape index (κ3) is 5.37. The molecular formula is C16H23N3O2S2. The van der Waals surface area contributed by atoms with Gasteiger partial charge in [0.05, 0.1) is 18.2 Å². The van der Waals surface area contributed by atoms with Crippen molar-refractivity contribution < 1.29 is 9.21 Å². The predicted octanol–water partition coefficient (Wildman–Crippen LogP) is 3.12. The van der Waals surface area contributed by atoms with E-state index in [1.54, 1.807) is 23.1 Å². The lowest BCUT2D eigenvalue weighted by Gasteiger charge is -2.22. The van der Waals surface area contributed by atoms with Crippen LogP contribution in [0.5, 0.6) is 0 Å². The molecule has 0 unspecified atom stereocenters. The molecule has 2 rings (SSSR count). The number of likely N-dealkylation sites (N-methyl/N-ethyl adjacent to an activating group) is 1. The number of hydrogen-bond donors (Lipinski definition) is 1. The molecule has 0 fully saturated rings. The van der Waals surface area contributed by atoms with E-state index in [4.69, 9.17) is 4.42 Å². The highest BCUT2D eigenvalue weighted by molar-refractivity contribution is 8.00. The monoisotopic (exact) mass is 353 g/mol. The van der Waals surface area contributed by atoms with Crippen LogP contribution in [0.3, 0.4) is 0 Å². The first kappa shape index (κ1) is 18.0. The molecule has 0 aliphatic heterocycles. The van der Waals surface area contributed by atoms with Gasteiger partial charge in [0.1, 0.15) is 15.9 Å². The average Bonchev–Trinajstić information content (AvgIpc) is 3.09. The Kier molecular flexibility index (Phi) is 6.68. The molecule has 0 aromatic carbocycles. The molecule has 126 valence electrons. The van der Waals surface area contributed by atoms with Gasteiger partial charge in [0.15, 0.2) is 0 Å². The minimum absolute atomic E-state index is 0.0153. The number of thioether (sulfide) groups is 1. The van der Waals surface area contributed by atoms with Crippen molar-refractivity contribution >= 4 is 29.0 Å². The molecule has 0 saturated carbocycles. The van der Waals surface area contributed by atoms with Crippen LogP contribution in [0.2, 0.25) is 0 Å². The molecule has 2 heterocycles. The SMILES string of the molecule is CCSc1nc(CC(=O)NC[C@@H](c2ccc(C)o2)N(C)C)cs1. The first-order chi connectivity index (χ1) is 11.0. The smallest absolute Gasteiger partial charge is 0.226 e. The minimum Gasteiger partial charge on any atom is -0.465 e. The number of nitrogens with zero attached hydrogens (tertiary/aromatic N) is 2. The molecule has 5 nitrogen and oxygen atoms in total. The first-order valence-corrected chi connectivity index (χ1v) is 9.42. The van der Waals surface area contributed by atoms with E-state index in [-0.39, 0.29) is 11.9 Å². The van der Waals surface area contributed by atoms with Gasteiger partial charge in [0.25, 0.3) is 0 Å².